The van der Waals surface area contributed by atoms with E-state index in [0.717, 1.165) is 56.9 Å². The first-order valence-electron chi connectivity index (χ1n) is 14.3. The van der Waals surface area contributed by atoms with E-state index in [1.54, 1.807) is 6.08 Å². The van der Waals surface area contributed by atoms with Gasteiger partial charge in [-0.15, -0.1) is 0 Å². The van der Waals surface area contributed by atoms with Gasteiger partial charge in [0.15, 0.2) is 0 Å². The normalized spacial score (nSPS) is 50.4. The maximum absolute atomic E-state index is 12.5. The van der Waals surface area contributed by atoms with Crippen LogP contribution in [0.2, 0.25) is 0 Å². The molecule has 0 saturated heterocycles. The van der Waals surface area contributed by atoms with E-state index in [-0.39, 0.29) is 29.1 Å². The van der Waals surface area contributed by atoms with Crippen LogP contribution in [-0.2, 0) is 9.53 Å². The lowest BCUT2D eigenvalue weighted by Gasteiger charge is -2.65. The van der Waals surface area contributed by atoms with E-state index in [1.807, 2.05) is 0 Å². The highest BCUT2D eigenvalue weighted by Crippen LogP contribution is 2.70. The highest BCUT2D eigenvalue weighted by molar-refractivity contribution is 5.85. The maximum atomic E-state index is 12.5. The average Bonchev–Trinajstić information content (AvgIpc) is 3.38. The van der Waals surface area contributed by atoms with Crippen molar-refractivity contribution in [2.24, 2.45) is 33.6 Å². The fourth-order valence-electron chi connectivity index (χ4n) is 9.83. The minimum absolute atomic E-state index is 0.0956. The summed E-state index contributed by atoms with van der Waals surface area (Å²) in [5, 5.41) is 35.2. The van der Waals surface area contributed by atoms with Crippen molar-refractivity contribution in [3.8, 4) is 0 Å². The summed E-state index contributed by atoms with van der Waals surface area (Å²) in [7, 11) is 0. The summed E-state index contributed by atoms with van der Waals surface area (Å²) in [5.41, 5.74) is -1.50. The number of aliphatic hydroxyl groups excluding tert-OH is 1. The SMILES string of the molecule is C[C@]12CC[C@H]3[C@@H](CC[C@]4(O)C[C@@H](O)CC[C@]34C=NC3CCCCC3)[C@]1(O)CC[C@@H]2C1=CC(=O)OC1. The van der Waals surface area contributed by atoms with Crippen molar-refractivity contribution in [3.63, 3.8) is 0 Å². The maximum Gasteiger partial charge on any atom is 0.331 e. The molecule has 0 aromatic rings. The van der Waals surface area contributed by atoms with Gasteiger partial charge in [0.25, 0.3) is 0 Å². The largest absolute Gasteiger partial charge is 0.458 e. The zero-order valence-electron chi connectivity index (χ0n) is 21.3. The molecule has 0 bridgehead atoms. The smallest absolute Gasteiger partial charge is 0.331 e. The number of carbonyl (C=O) groups is 1. The average molecular weight is 486 g/mol. The molecule has 6 rings (SSSR count). The van der Waals surface area contributed by atoms with Crippen LogP contribution in [0.25, 0.3) is 0 Å². The van der Waals surface area contributed by atoms with Crippen molar-refractivity contribution in [2.45, 2.75) is 120 Å². The quantitative estimate of drug-likeness (QED) is 0.413. The number of hydrogen-bond donors (Lipinski definition) is 3. The van der Waals surface area contributed by atoms with E-state index in [0.29, 0.717) is 31.9 Å². The number of fused-ring (bicyclic) bond motifs is 5. The van der Waals surface area contributed by atoms with Gasteiger partial charge in [0, 0.05) is 35.6 Å². The second-order valence-electron chi connectivity index (χ2n) is 13.1. The van der Waals surface area contributed by atoms with Gasteiger partial charge in [0.1, 0.15) is 6.61 Å². The molecule has 35 heavy (non-hydrogen) atoms. The van der Waals surface area contributed by atoms with E-state index in [2.05, 4.69) is 13.1 Å². The molecular formula is C29H43NO5. The van der Waals surface area contributed by atoms with Gasteiger partial charge in [0.2, 0.25) is 0 Å². The molecular weight excluding hydrogens is 442 g/mol. The molecule has 0 spiro atoms. The van der Waals surface area contributed by atoms with Gasteiger partial charge < -0.3 is 20.1 Å². The number of carbonyl (C=O) groups excluding carboxylic acids is 1. The lowest BCUT2D eigenvalue weighted by molar-refractivity contribution is -0.237. The fraction of sp³-hybridized carbons (Fsp3) is 0.862. The molecule has 6 nitrogen and oxygen atoms in total. The van der Waals surface area contributed by atoms with Gasteiger partial charge in [-0.2, -0.15) is 0 Å². The van der Waals surface area contributed by atoms with Gasteiger partial charge in [-0.05, 0) is 87.5 Å². The number of aliphatic hydroxyl groups is 3. The summed E-state index contributed by atoms with van der Waals surface area (Å²) in [6.45, 7) is 2.59. The van der Waals surface area contributed by atoms with Crippen LogP contribution in [0.5, 0.6) is 0 Å². The Kier molecular flexibility index (Phi) is 5.78. The van der Waals surface area contributed by atoms with Crippen LogP contribution in [-0.4, -0.2) is 57.5 Å². The van der Waals surface area contributed by atoms with E-state index < -0.39 is 22.7 Å². The van der Waals surface area contributed by atoms with Crippen molar-refractivity contribution in [2.75, 3.05) is 6.61 Å². The summed E-state index contributed by atoms with van der Waals surface area (Å²) in [6, 6.07) is 0.342. The van der Waals surface area contributed by atoms with Crippen LogP contribution < -0.4 is 0 Å². The molecule has 0 unspecified atom stereocenters. The predicted molar refractivity (Wildman–Crippen MR) is 133 cm³/mol. The Morgan fingerprint density at radius 1 is 0.971 bits per heavy atom. The molecule has 6 aliphatic rings. The first kappa shape index (κ1) is 24.1. The molecule has 194 valence electrons. The Labute approximate surface area is 209 Å². The Morgan fingerprint density at radius 2 is 1.74 bits per heavy atom. The minimum Gasteiger partial charge on any atom is -0.458 e. The number of rotatable bonds is 3. The van der Waals surface area contributed by atoms with E-state index in [4.69, 9.17) is 9.73 Å². The van der Waals surface area contributed by atoms with Crippen LogP contribution in [0, 0.1) is 28.6 Å². The number of hydrogen-bond acceptors (Lipinski definition) is 6. The highest BCUT2D eigenvalue weighted by Gasteiger charge is 2.71. The van der Waals surface area contributed by atoms with Crippen molar-refractivity contribution in [3.05, 3.63) is 11.6 Å². The third kappa shape index (κ3) is 3.45. The van der Waals surface area contributed by atoms with Gasteiger partial charge in [0.05, 0.1) is 17.3 Å². The molecule has 5 fully saturated rings. The number of ether oxygens (including phenoxy) is 1. The van der Waals surface area contributed by atoms with Gasteiger partial charge in [-0.3, -0.25) is 4.99 Å². The van der Waals surface area contributed by atoms with Crippen LogP contribution in [0.4, 0.5) is 0 Å². The van der Waals surface area contributed by atoms with Crippen LogP contribution in [0.3, 0.4) is 0 Å². The Bertz CT molecular complexity index is 926. The van der Waals surface area contributed by atoms with Crippen molar-refractivity contribution < 1.29 is 24.9 Å². The van der Waals surface area contributed by atoms with Crippen LogP contribution in [0.15, 0.2) is 16.6 Å². The summed E-state index contributed by atoms with van der Waals surface area (Å²) in [6.07, 6.45) is 16.0. The molecule has 0 radical (unpaired) electrons. The Balaban J connectivity index is 1.36. The molecule has 8 atom stereocenters. The summed E-state index contributed by atoms with van der Waals surface area (Å²) >= 11 is 0. The molecule has 3 N–H and O–H groups in total. The lowest BCUT2D eigenvalue weighted by Crippen LogP contribution is -2.68. The first-order valence-corrected chi connectivity index (χ1v) is 14.3. The second kappa shape index (κ2) is 8.39. The molecule has 6 heteroatoms. The number of nitrogens with zero attached hydrogens (tertiary/aromatic N) is 1. The zero-order chi connectivity index (χ0) is 24.5. The lowest BCUT2D eigenvalue weighted by atomic mass is 9.41. The van der Waals surface area contributed by atoms with E-state index >= 15 is 0 Å². The Hall–Kier alpha value is -1.24. The first-order chi connectivity index (χ1) is 16.7. The van der Waals surface area contributed by atoms with E-state index in [1.165, 1.54) is 19.3 Å². The Morgan fingerprint density at radius 3 is 2.49 bits per heavy atom. The van der Waals surface area contributed by atoms with Gasteiger partial charge in [-0.25, -0.2) is 4.79 Å². The fourth-order valence-corrected chi connectivity index (χ4v) is 9.83. The molecule has 0 amide bonds. The summed E-state index contributed by atoms with van der Waals surface area (Å²) < 4.78 is 5.25. The monoisotopic (exact) mass is 485 g/mol. The molecule has 5 saturated carbocycles. The number of cyclic esters (lactones) is 1. The number of esters is 1. The summed E-state index contributed by atoms with van der Waals surface area (Å²) in [4.78, 5) is 17.0. The summed E-state index contributed by atoms with van der Waals surface area (Å²) in [5.74, 6) is 0.168. The van der Waals surface area contributed by atoms with Crippen molar-refractivity contribution in [1.29, 1.82) is 0 Å². The van der Waals surface area contributed by atoms with Crippen LogP contribution in [0.1, 0.15) is 96.8 Å². The standard InChI is InChI=1S/C29H43NO5/c1-26-11-8-23-24(29(26,34)14-10-22(26)19-15-25(32)35-17-19)9-13-28(33)16-21(31)7-12-27(23,28)18-30-20-5-3-2-4-6-20/h15,18,20-24,31,33-34H,2-14,16-17H2,1H3/t21-,22+,23-,24+,26+,27-,28-,29+/m0/s1. The van der Waals surface area contributed by atoms with Gasteiger partial charge >= 0.3 is 5.97 Å². The van der Waals surface area contributed by atoms with Crippen molar-refractivity contribution >= 4 is 12.2 Å². The minimum atomic E-state index is -0.958. The third-order valence-electron chi connectivity index (χ3n) is 11.7. The molecule has 5 aliphatic carbocycles. The van der Waals surface area contributed by atoms with Crippen molar-refractivity contribution in [1.82, 2.24) is 0 Å². The van der Waals surface area contributed by atoms with Crippen LogP contribution >= 0.6 is 0 Å². The third-order valence-corrected chi connectivity index (χ3v) is 11.7. The van der Waals surface area contributed by atoms with Gasteiger partial charge in [-0.1, -0.05) is 26.2 Å². The topological polar surface area (TPSA) is 99.4 Å². The second-order valence-corrected chi connectivity index (χ2v) is 13.1. The molecule has 0 aromatic carbocycles. The zero-order valence-corrected chi connectivity index (χ0v) is 21.3. The highest BCUT2D eigenvalue weighted by atomic mass is 16.5. The molecule has 1 heterocycles. The predicted octanol–water partition coefficient (Wildman–Crippen LogP) is 4.10. The number of aliphatic imine (C=N–C) groups is 1. The van der Waals surface area contributed by atoms with E-state index in [9.17, 15) is 20.1 Å². The molecule has 0 aromatic heterocycles. The molecule has 1 aliphatic heterocycles.